The Hall–Kier alpha value is 0.0500. The normalized spacial score (nSPS) is 18.6. The lowest BCUT2D eigenvalue weighted by Gasteiger charge is -2.40. The summed E-state index contributed by atoms with van der Waals surface area (Å²) < 4.78 is 33.5. The minimum Gasteiger partial charge on any atom is -0.377 e. The van der Waals surface area contributed by atoms with Gasteiger partial charge in [-0.3, -0.25) is 0 Å². The van der Waals surface area contributed by atoms with Crippen LogP contribution >= 0.6 is 27.3 Å². The van der Waals surface area contributed by atoms with Crippen LogP contribution < -0.4 is 4.72 Å². The van der Waals surface area contributed by atoms with E-state index in [0.717, 1.165) is 28.6 Å². The minimum absolute atomic E-state index is 0.295. The first-order valence-corrected chi connectivity index (χ1v) is 8.79. The number of ether oxygens (including phenoxy) is 1. The summed E-state index contributed by atoms with van der Waals surface area (Å²) in [6.07, 6.45) is 2.93. The molecular weight excluding hydrogens is 338 g/mol. The smallest absolute Gasteiger partial charge is 0.250 e. The molecule has 0 atom stereocenters. The maximum atomic E-state index is 12.1. The van der Waals surface area contributed by atoms with Crippen molar-refractivity contribution in [2.45, 2.75) is 36.0 Å². The fourth-order valence-corrected chi connectivity index (χ4v) is 5.27. The number of sulfonamides is 1. The average molecular weight is 354 g/mol. The van der Waals surface area contributed by atoms with Gasteiger partial charge in [0.2, 0.25) is 10.0 Å². The summed E-state index contributed by atoms with van der Waals surface area (Å²) >= 11 is 4.57. The zero-order valence-electron chi connectivity index (χ0n) is 10.3. The fourth-order valence-electron chi connectivity index (χ4n) is 1.89. The first kappa shape index (κ1) is 14.5. The third-order valence-electron chi connectivity index (χ3n) is 3.38. The molecule has 0 aliphatic heterocycles. The molecule has 1 aliphatic rings. The number of rotatable bonds is 5. The molecule has 0 amide bonds. The molecule has 4 nitrogen and oxygen atoms in total. The predicted molar refractivity (Wildman–Crippen MR) is 75.5 cm³/mol. The fraction of sp³-hybridized carbons (Fsp3) is 0.636. The van der Waals surface area contributed by atoms with Crippen LogP contribution in [0, 0.1) is 6.92 Å². The van der Waals surface area contributed by atoms with Crippen LogP contribution in [0.15, 0.2) is 14.1 Å². The van der Waals surface area contributed by atoms with Crippen molar-refractivity contribution < 1.29 is 13.2 Å². The van der Waals surface area contributed by atoms with E-state index >= 15 is 0 Å². The molecule has 0 unspecified atom stereocenters. The summed E-state index contributed by atoms with van der Waals surface area (Å²) in [5.74, 6) is 0. The molecule has 1 aliphatic carbocycles. The van der Waals surface area contributed by atoms with Crippen molar-refractivity contribution in [1.29, 1.82) is 0 Å². The summed E-state index contributed by atoms with van der Waals surface area (Å²) in [5.41, 5.74) is 0.641. The monoisotopic (exact) mass is 353 g/mol. The first-order valence-electron chi connectivity index (χ1n) is 5.69. The largest absolute Gasteiger partial charge is 0.377 e. The van der Waals surface area contributed by atoms with Gasteiger partial charge in [0.05, 0.1) is 9.39 Å². The van der Waals surface area contributed by atoms with Crippen LogP contribution in [0.5, 0.6) is 0 Å². The van der Waals surface area contributed by atoms with E-state index in [1.54, 1.807) is 13.2 Å². The zero-order chi connectivity index (χ0) is 13.4. The van der Waals surface area contributed by atoms with Gasteiger partial charge in [0.15, 0.2) is 0 Å². The van der Waals surface area contributed by atoms with Gasteiger partial charge in [-0.15, -0.1) is 11.3 Å². The Kier molecular flexibility index (Phi) is 4.18. The van der Waals surface area contributed by atoms with Crippen molar-refractivity contribution in [3.8, 4) is 0 Å². The van der Waals surface area contributed by atoms with E-state index in [9.17, 15) is 8.42 Å². The third-order valence-corrected chi connectivity index (χ3v) is 7.39. The molecular formula is C11H16BrNO3S2. The molecule has 1 fully saturated rings. The molecule has 1 aromatic rings. The molecule has 1 saturated carbocycles. The minimum atomic E-state index is -3.42. The molecule has 1 aromatic heterocycles. The van der Waals surface area contributed by atoms with Gasteiger partial charge in [0.1, 0.15) is 4.21 Å². The van der Waals surface area contributed by atoms with Crippen LogP contribution in [-0.2, 0) is 14.8 Å². The number of halogens is 1. The van der Waals surface area contributed by atoms with Gasteiger partial charge in [0.25, 0.3) is 0 Å². The summed E-state index contributed by atoms with van der Waals surface area (Å²) in [6.45, 7) is 2.22. The summed E-state index contributed by atoms with van der Waals surface area (Å²) in [6, 6.07) is 1.68. The second kappa shape index (κ2) is 5.20. The number of thiophene rings is 1. The Morgan fingerprint density at radius 2 is 2.22 bits per heavy atom. The molecule has 0 saturated heterocycles. The predicted octanol–water partition coefficient (Wildman–Crippen LogP) is 2.67. The Labute approximate surface area is 120 Å². The lowest BCUT2D eigenvalue weighted by molar-refractivity contribution is -0.0659. The molecule has 7 heteroatoms. The Balaban J connectivity index is 2.08. The van der Waals surface area contributed by atoms with Gasteiger partial charge in [-0.1, -0.05) is 0 Å². The highest BCUT2D eigenvalue weighted by Crippen LogP contribution is 2.35. The van der Waals surface area contributed by atoms with Crippen molar-refractivity contribution in [3.05, 3.63) is 15.4 Å². The third kappa shape index (κ3) is 2.80. The van der Waals surface area contributed by atoms with Crippen LogP contribution in [0.4, 0.5) is 0 Å². The molecule has 0 radical (unpaired) electrons. The van der Waals surface area contributed by atoms with Gasteiger partial charge in [0, 0.05) is 13.7 Å². The second-order valence-corrected chi connectivity index (χ2v) is 8.95. The summed E-state index contributed by atoms with van der Waals surface area (Å²) in [5, 5.41) is 0. The van der Waals surface area contributed by atoms with Crippen molar-refractivity contribution in [1.82, 2.24) is 4.72 Å². The van der Waals surface area contributed by atoms with Gasteiger partial charge in [-0.2, -0.15) is 0 Å². The second-order valence-electron chi connectivity index (χ2n) is 4.59. The highest BCUT2D eigenvalue weighted by atomic mass is 79.9. The Bertz CT molecular complexity index is 509. The molecule has 102 valence electrons. The Morgan fingerprint density at radius 3 is 2.61 bits per heavy atom. The highest BCUT2D eigenvalue weighted by Gasteiger charge is 2.38. The number of aryl methyl sites for hydroxylation is 1. The van der Waals surface area contributed by atoms with Crippen LogP contribution in [0.3, 0.4) is 0 Å². The molecule has 1 heterocycles. The van der Waals surface area contributed by atoms with Crippen molar-refractivity contribution in [2.75, 3.05) is 13.7 Å². The maximum absolute atomic E-state index is 12.1. The Morgan fingerprint density at radius 1 is 1.56 bits per heavy atom. The van der Waals surface area contributed by atoms with Crippen LogP contribution in [0.2, 0.25) is 0 Å². The van der Waals surface area contributed by atoms with Gasteiger partial charge < -0.3 is 4.74 Å². The van der Waals surface area contributed by atoms with Gasteiger partial charge in [-0.25, -0.2) is 13.1 Å². The van der Waals surface area contributed by atoms with E-state index in [-0.39, 0.29) is 5.60 Å². The molecule has 2 rings (SSSR count). The topological polar surface area (TPSA) is 55.4 Å². The van der Waals surface area contributed by atoms with Gasteiger partial charge >= 0.3 is 0 Å². The van der Waals surface area contributed by atoms with Crippen LogP contribution in [-0.4, -0.2) is 27.7 Å². The average Bonchev–Trinajstić information content (AvgIpc) is 2.59. The van der Waals surface area contributed by atoms with Crippen molar-refractivity contribution >= 4 is 37.3 Å². The van der Waals surface area contributed by atoms with Gasteiger partial charge in [-0.05, 0) is 53.7 Å². The van der Waals surface area contributed by atoms with E-state index in [0.29, 0.717) is 10.8 Å². The van der Waals surface area contributed by atoms with E-state index in [2.05, 4.69) is 20.7 Å². The first-order chi connectivity index (χ1) is 8.38. The van der Waals surface area contributed by atoms with E-state index in [4.69, 9.17) is 4.74 Å². The van der Waals surface area contributed by atoms with Crippen molar-refractivity contribution in [2.24, 2.45) is 0 Å². The number of hydrogen-bond acceptors (Lipinski definition) is 4. The summed E-state index contributed by atoms with van der Waals surface area (Å²) in [7, 11) is -1.78. The summed E-state index contributed by atoms with van der Waals surface area (Å²) in [4.78, 5) is 0. The molecule has 1 N–H and O–H groups in total. The van der Waals surface area contributed by atoms with Crippen LogP contribution in [0.1, 0.15) is 24.8 Å². The molecule has 0 spiro atoms. The lowest BCUT2D eigenvalue weighted by atomic mass is 9.80. The maximum Gasteiger partial charge on any atom is 0.250 e. The lowest BCUT2D eigenvalue weighted by Crippen LogP contribution is -2.49. The highest BCUT2D eigenvalue weighted by molar-refractivity contribution is 9.11. The van der Waals surface area contributed by atoms with E-state index in [1.807, 2.05) is 6.92 Å². The van der Waals surface area contributed by atoms with E-state index in [1.165, 1.54) is 11.3 Å². The molecule has 0 aromatic carbocycles. The SMILES string of the molecule is COC1(CNS(=O)(=O)c2cc(C)c(Br)s2)CCC1. The quantitative estimate of drug-likeness (QED) is 0.885. The van der Waals surface area contributed by atoms with Crippen LogP contribution in [0.25, 0.3) is 0 Å². The number of nitrogens with one attached hydrogen (secondary N) is 1. The number of methoxy groups -OCH3 is 1. The zero-order valence-corrected chi connectivity index (χ0v) is 13.5. The molecule has 0 bridgehead atoms. The standard InChI is InChI=1S/C11H16BrNO3S2/c1-8-6-9(17-10(8)12)18(14,15)13-7-11(16-2)4-3-5-11/h6,13H,3-5,7H2,1-2H3. The molecule has 18 heavy (non-hydrogen) atoms. The number of hydrogen-bond donors (Lipinski definition) is 1. The van der Waals surface area contributed by atoms with Crippen molar-refractivity contribution in [3.63, 3.8) is 0 Å². The van der Waals surface area contributed by atoms with E-state index < -0.39 is 10.0 Å².